The van der Waals surface area contributed by atoms with Crippen LogP contribution in [0.3, 0.4) is 0 Å². The SMILES string of the molecule is CCOC(=O)c1cc2nc(C3CCCCCC3)cc(Cl)n2n1. The minimum atomic E-state index is -0.444. The van der Waals surface area contributed by atoms with Crippen LogP contribution >= 0.6 is 11.6 Å². The third-order valence-corrected chi connectivity index (χ3v) is 4.43. The van der Waals surface area contributed by atoms with Crippen molar-refractivity contribution in [1.82, 2.24) is 14.6 Å². The first-order valence-corrected chi connectivity index (χ1v) is 8.30. The van der Waals surface area contributed by atoms with E-state index in [1.165, 1.54) is 30.2 Å². The molecule has 2 aromatic rings. The fourth-order valence-corrected chi connectivity index (χ4v) is 3.28. The van der Waals surface area contributed by atoms with Crippen molar-refractivity contribution in [2.45, 2.75) is 51.4 Å². The fraction of sp³-hybridized carbons (Fsp3) is 0.562. The van der Waals surface area contributed by atoms with Crippen LogP contribution < -0.4 is 0 Å². The van der Waals surface area contributed by atoms with E-state index in [2.05, 4.69) is 10.1 Å². The Morgan fingerprint density at radius 3 is 2.73 bits per heavy atom. The van der Waals surface area contributed by atoms with E-state index in [9.17, 15) is 4.79 Å². The number of halogens is 1. The van der Waals surface area contributed by atoms with Crippen LogP contribution in [0.1, 0.15) is 67.5 Å². The lowest BCUT2D eigenvalue weighted by Gasteiger charge is -2.13. The van der Waals surface area contributed by atoms with Crippen molar-refractivity contribution >= 4 is 23.2 Å². The third-order valence-electron chi connectivity index (χ3n) is 4.16. The summed E-state index contributed by atoms with van der Waals surface area (Å²) in [4.78, 5) is 16.5. The number of ether oxygens (including phenoxy) is 1. The first kappa shape index (κ1) is 15.3. The molecule has 0 unspecified atom stereocenters. The summed E-state index contributed by atoms with van der Waals surface area (Å²) in [5.41, 5.74) is 1.86. The van der Waals surface area contributed by atoms with Gasteiger partial charge in [0.15, 0.2) is 11.3 Å². The van der Waals surface area contributed by atoms with Crippen LogP contribution in [0.25, 0.3) is 5.65 Å². The van der Waals surface area contributed by atoms with Crippen molar-refractivity contribution in [3.63, 3.8) is 0 Å². The lowest BCUT2D eigenvalue weighted by molar-refractivity contribution is 0.0519. The summed E-state index contributed by atoms with van der Waals surface area (Å²) in [6.45, 7) is 2.09. The molecule has 6 heteroatoms. The Kier molecular flexibility index (Phi) is 4.62. The molecule has 0 aliphatic heterocycles. The maximum atomic E-state index is 11.8. The molecule has 2 aromatic heterocycles. The highest BCUT2D eigenvalue weighted by Gasteiger charge is 2.19. The second kappa shape index (κ2) is 6.65. The molecule has 5 nitrogen and oxygen atoms in total. The standard InChI is InChI=1S/C16H20ClN3O2/c1-2-22-16(21)13-10-15-18-12(9-14(17)20(15)19-13)11-7-5-3-4-6-8-11/h9-11H,2-8H2,1H3. The van der Waals surface area contributed by atoms with Crippen LogP contribution in [-0.2, 0) is 4.74 Å². The zero-order valence-electron chi connectivity index (χ0n) is 12.7. The second-order valence-electron chi connectivity index (χ2n) is 5.71. The van der Waals surface area contributed by atoms with Gasteiger partial charge < -0.3 is 4.74 Å². The molecule has 1 aliphatic carbocycles. The van der Waals surface area contributed by atoms with Crippen molar-refractivity contribution in [2.75, 3.05) is 6.61 Å². The molecule has 22 heavy (non-hydrogen) atoms. The number of carbonyl (C=O) groups excluding carboxylic acids is 1. The number of aromatic nitrogens is 3. The van der Waals surface area contributed by atoms with Gasteiger partial charge in [-0.1, -0.05) is 37.3 Å². The summed E-state index contributed by atoms with van der Waals surface area (Å²) in [7, 11) is 0. The molecule has 2 heterocycles. The predicted octanol–water partition coefficient (Wildman–Crippen LogP) is 4.00. The lowest BCUT2D eigenvalue weighted by Crippen LogP contribution is -2.06. The molecule has 1 saturated carbocycles. The third kappa shape index (κ3) is 3.09. The largest absolute Gasteiger partial charge is 0.461 e. The van der Waals surface area contributed by atoms with Gasteiger partial charge in [0.25, 0.3) is 0 Å². The maximum absolute atomic E-state index is 11.8. The number of nitrogens with zero attached hydrogens (tertiary/aromatic N) is 3. The van der Waals surface area contributed by atoms with Gasteiger partial charge in [-0.15, -0.1) is 0 Å². The van der Waals surface area contributed by atoms with E-state index in [4.69, 9.17) is 16.3 Å². The van der Waals surface area contributed by atoms with Gasteiger partial charge in [-0.2, -0.15) is 5.10 Å². The topological polar surface area (TPSA) is 56.5 Å². The number of esters is 1. The molecule has 0 amide bonds. The predicted molar refractivity (Wildman–Crippen MR) is 84.4 cm³/mol. The van der Waals surface area contributed by atoms with E-state index < -0.39 is 5.97 Å². The Bertz CT molecular complexity index is 675. The molecule has 118 valence electrons. The van der Waals surface area contributed by atoms with Gasteiger partial charge in [-0.3, -0.25) is 0 Å². The summed E-state index contributed by atoms with van der Waals surface area (Å²) in [5.74, 6) is 0.00558. The van der Waals surface area contributed by atoms with Crippen molar-refractivity contribution < 1.29 is 9.53 Å². The summed E-state index contributed by atoms with van der Waals surface area (Å²) in [5, 5.41) is 4.67. The van der Waals surface area contributed by atoms with E-state index in [1.807, 2.05) is 6.07 Å². The average Bonchev–Trinajstić information content (AvgIpc) is 2.76. The Morgan fingerprint density at radius 2 is 2.05 bits per heavy atom. The van der Waals surface area contributed by atoms with Gasteiger partial charge in [0.2, 0.25) is 0 Å². The molecule has 0 saturated heterocycles. The van der Waals surface area contributed by atoms with Crippen LogP contribution in [-0.4, -0.2) is 27.2 Å². The number of rotatable bonds is 3. The quantitative estimate of drug-likeness (QED) is 0.487. The Balaban J connectivity index is 1.95. The Hall–Kier alpha value is -1.62. The highest BCUT2D eigenvalue weighted by atomic mass is 35.5. The fourth-order valence-electron chi connectivity index (χ4n) is 3.04. The number of carbonyl (C=O) groups is 1. The number of hydrogen-bond donors (Lipinski definition) is 0. The summed E-state index contributed by atoms with van der Waals surface area (Å²) in [6, 6.07) is 3.52. The zero-order chi connectivity index (χ0) is 15.5. The van der Waals surface area contributed by atoms with E-state index in [0.717, 1.165) is 18.5 Å². The van der Waals surface area contributed by atoms with Crippen LogP contribution in [0.2, 0.25) is 5.15 Å². The molecule has 0 N–H and O–H groups in total. The van der Waals surface area contributed by atoms with Gasteiger partial charge in [0.1, 0.15) is 5.15 Å². The van der Waals surface area contributed by atoms with Gasteiger partial charge in [0, 0.05) is 17.7 Å². The zero-order valence-corrected chi connectivity index (χ0v) is 13.5. The molecular weight excluding hydrogens is 302 g/mol. The van der Waals surface area contributed by atoms with Crippen molar-refractivity contribution in [1.29, 1.82) is 0 Å². The highest BCUT2D eigenvalue weighted by Crippen LogP contribution is 2.32. The van der Waals surface area contributed by atoms with Crippen LogP contribution in [0.15, 0.2) is 12.1 Å². The normalized spacial score (nSPS) is 16.6. The van der Waals surface area contributed by atoms with E-state index >= 15 is 0 Å². The van der Waals surface area contributed by atoms with Crippen molar-refractivity contribution in [3.05, 3.63) is 28.7 Å². The Morgan fingerprint density at radius 1 is 1.32 bits per heavy atom. The average molecular weight is 322 g/mol. The van der Waals surface area contributed by atoms with Crippen LogP contribution in [0, 0.1) is 0 Å². The van der Waals surface area contributed by atoms with Gasteiger partial charge >= 0.3 is 5.97 Å². The van der Waals surface area contributed by atoms with E-state index in [-0.39, 0.29) is 5.69 Å². The molecular formula is C16H20ClN3O2. The first-order valence-electron chi connectivity index (χ1n) is 7.92. The lowest BCUT2D eigenvalue weighted by atomic mass is 9.96. The van der Waals surface area contributed by atoms with Crippen LogP contribution in [0.4, 0.5) is 0 Å². The summed E-state index contributed by atoms with van der Waals surface area (Å²) >= 11 is 6.33. The van der Waals surface area contributed by atoms with Gasteiger partial charge in [0.05, 0.1) is 6.61 Å². The Labute approximate surface area is 134 Å². The van der Waals surface area contributed by atoms with Gasteiger partial charge in [-0.05, 0) is 25.8 Å². The van der Waals surface area contributed by atoms with Crippen LogP contribution in [0.5, 0.6) is 0 Å². The van der Waals surface area contributed by atoms with E-state index in [1.54, 1.807) is 13.0 Å². The second-order valence-corrected chi connectivity index (χ2v) is 6.10. The summed E-state index contributed by atoms with van der Waals surface area (Å²) < 4.78 is 6.47. The molecule has 0 atom stereocenters. The molecule has 1 aliphatic rings. The minimum Gasteiger partial charge on any atom is -0.461 e. The van der Waals surface area contributed by atoms with Crippen molar-refractivity contribution in [3.8, 4) is 0 Å². The van der Waals surface area contributed by atoms with Crippen molar-refractivity contribution in [2.24, 2.45) is 0 Å². The number of fused-ring (bicyclic) bond motifs is 1. The molecule has 0 aromatic carbocycles. The van der Waals surface area contributed by atoms with E-state index in [0.29, 0.717) is 23.3 Å². The minimum absolute atomic E-state index is 0.245. The smallest absolute Gasteiger partial charge is 0.358 e. The molecule has 3 rings (SSSR count). The monoisotopic (exact) mass is 321 g/mol. The highest BCUT2D eigenvalue weighted by molar-refractivity contribution is 6.29. The molecule has 1 fully saturated rings. The molecule has 0 spiro atoms. The maximum Gasteiger partial charge on any atom is 0.358 e. The molecule has 0 bridgehead atoms. The number of hydrogen-bond acceptors (Lipinski definition) is 4. The summed E-state index contributed by atoms with van der Waals surface area (Å²) in [6.07, 6.45) is 7.38. The van der Waals surface area contributed by atoms with Gasteiger partial charge in [-0.25, -0.2) is 14.3 Å². The first-order chi connectivity index (χ1) is 10.7. The molecule has 0 radical (unpaired) electrons.